The third-order valence-electron chi connectivity index (χ3n) is 6.43. The SMILES string of the molecule is C=CC(=O)N[C@H]1COC[C@H]1Nc1cc2c(N3CC(F)(F)C3)nc(-c3c(Cl)c(OC)cc(OC)c3Cl)nc2cn1. The number of carbonyl (C=O) groups is 1. The number of carbonyl (C=O) groups excluding carboxylic acids is 1. The summed E-state index contributed by atoms with van der Waals surface area (Å²) in [4.78, 5) is 26.9. The molecule has 0 spiro atoms. The van der Waals surface area contributed by atoms with Gasteiger partial charge in [-0.3, -0.25) is 4.79 Å². The summed E-state index contributed by atoms with van der Waals surface area (Å²) in [7, 11) is 2.88. The maximum absolute atomic E-state index is 13.9. The van der Waals surface area contributed by atoms with Gasteiger partial charge >= 0.3 is 0 Å². The highest BCUT2D eigenvalue weighted by molar-refractivity contribution is 6.41. The fraction of sp³-hybridized carbons (Fsp3) is 0.360. The van der Waals surface area contributed by atoms with E-state index in [9.17, 15) is 13.6 Å². The van der Waals surface area contributed by atoms with E-state index in [1.54, 1.807) is 6.07 Å². The van der Waals surface area contributed by atoms with Crippen molar-refractivity contribution in [3.8, 4) is 22.9 Å². The minimum absolute atomic E-state index is 0.0961. The molecule has 14 heteroatoms. The molecule has 0 bridgehead atoms. The largest absolute Gasteiger partial charge is 0.495 e. The van der Waals surface area contributed by atoms with E-state index < -0.39 is 19.0 Å². The number of nitrogens with one attached hydrogen (secondary N) is 2. The molecule has 1 amide bonds. The van der Waals surface area contributed by atoms with Gasteiger partial charge in [0.25, 0.3) is 5.92 Å². The Kier molecular flexibility index (Phi) is 7.36. The van der Waals surface area contributed by atoms with Gasteiger partial charge < -0.3 is 29.7 Å². The average Bonchev–Trinajstić information content (AvgIpc) is 3.33. The molecule has 5 rings (SSSR count). The number of hydrogen-bond acceptors (Lipinski definition) is 9. The molecule has 1 aromatic carbocycles. The van der Waals surface area contributed by atoms with E-state index in [-0.39, 0.29) is 56.7 Å². The maximum Gasteiger partial charge on any atom is 0.282 e. The summed E-state index contributed by atoms with van der Waals surface area (Å²) >= 11 is 13.2. The van der Waals surface area contributed by atoms with Gasteiger partial charge in [-0.1, -0.05) is 29.8 Å². The van der Waals surface area contributed by atoms with Gasteiger partial charge in [0.05, 0.1) is 79.9 Å². The molecule has 0 aliphatic carbocycles. The van der Waals surface area contributed by atoms with Crippen LogP contribution in [0.5, 0.6) is 11.5 Å². The van der Waals surface area contributed by atoms with Crippen molar-refractivity contribution in [2.75, 3.05) is 50.7 Å². The summed E-state index contributed by atoms with van der Waals surface area (Å²) in [5, 5.41) is 6.83. The summed E-state index contributed by atoms with van der Waals surface area (Å²) in [6.45, 7) is 3.08. The second-order valence-electron chi connectivity index (χ2n) is 9.06. The molecule has 2 aromatic heterocycles. The fourth-order valence-corrected chi connectivity index (χ4v) is 5.13. The van der Waals surface area contributed by atoms with Crippen molar-refractivity contribution in [2.45, 2.75) is 18.0 Å². The first kappa shape index (κ1) is 27.1. The zero-order chi connectivity index (χ0) is 27.9. The lowest BCUT2D eigenvalue weighted by atomic mass is 10.1. The number of amides is 1. The molecule has 2 atom stereocenters. The van der Waals surface area contributed by atoms with Crippen LogP contribution in [0.1, 0.15) is 0 Å². The predicted molar refractivity (Wildman–Crippen MR) is 143 cm³/mol. The highest BCUT2D eigenvalue weighted by Crippen LogP contribution is 2.46. The molecule has 39 heavy (non-hydrogen) atoms. The number of ether oxygens (including phenoxy) is 3. The van der Waals surface area contributed by atoms with Crippen LogP contribution in [0, 0.1) is 0 Å². The van der Waals surface area contributed by atoms with Crippen molar-refractivity contribution < 1.29 is 27.8 Å². The Bertz CT molecular complexity index is 1420. The van der Waals surface area contributed by atoms with E-state index in [1.165, 1.54) is 37.5 Å². The second kappa shape index (κ2) is 10.6. The first-order chi connectivity index (χ1) is 18.6. The predicted octanol–water partition coefficient (Wildman–Crippen LogP) is 3.95. The number of aromatic nitrogens is 3. The molecule has 0 radical (unpaired) electrons. The number of anilines is 2. The highest BCUT2D eigenvalue weighted by Gasteiger charge is 2.45. The van der Waals surface area contributed by atoms with E-state index in [1.807, 2.05) is 0 Å². The van der Waals surface area contributed by atoms with Crippen molar-refractivity contribution in [2.24, 2.45) is 0 Å². The van der Waals surface area contributed by atoms with Crippen molar-refractivity contribution in [3.05, 3.63) is 41.0 Å². The maximum atomic E-state index is 13.9. The summed E-state index contributed by atoms with van der Waals surface area (Å²) in [6.07, 6.45) is 2.68. The Morgan fingerprint density at radius 1 is 1.15 bits per heavy atom. The van der Waals surface area contributed by atoms with Gasteiger partial charge in [-0.05, 0) is 12.1 Å². The fourth-order valence-electron chi connectivity index (χ4n) is 4.46. The zero-order valence-electron chi connectivity index (χ0n) is 20.9. The molecule has 0 unspecified atom stereocenters. The highest BCUT2D eigenvalue weighted by atomic mass is 35.5. The summed E-state index contributed by atoms with van der Waals surface area (Å²) in [5.74, 6) is -1.82. The smallest absolute Gasteiger partial charge is 0.282 e. The average molecular weight is 581 g/mol. The van der Waals surface area contributed by atoms with Gasteiger partial charge in [0.15, 0.2) is 5.82 Å². The van der Waals surface area contributed by atoms with E-state index in [2.05, 4.69) is 32.2 Å². The van der Waals surface area contributed by atoms with Crippen LogP contribution in [-0.2, 0) is 9.53 Å². The molecule has 2 aliphatic heterocycles. The van der Waals surface area contributed by atoms with Crippen LogP contribution in [0.15, 0.2) is 31.0 Å². The number of benzene rings is 1. The summed E-state index contributed by atoms with van der Waals surface area (Å²) < 4.78 is 44.0. The number of fused-ring (bicyclic) bond motifs is 1. The van der Waals surface area contributed by atoms with Gasteiger partial charge in [-0.2, -0.15) is 0 Å². The van der Waals surface area contributed by atoms with E-state index in [0.717, 1.165) is 0 Å². The minimum Gasteiger partial charge on any atom is -0.495 e. The third-order valence-corrected chi connectivity index (χ3v) is 7.18. The lowest BCUT2D eigenvalue weighted by Gasteiger charge is -2.40. The number of halogens is 4. The molecule has 3 aromatic rings. The van der Waals surface area contributed by atoms with Crippen molar-refractivity contribution in [1.82, 2.24) is 20.3 Å². The summed E-state index contributed by atoms with van der Waals surface area (Å²) in [6, 6.07) is 2.61. The topological polar surface area (TPSA) is 111 Å². The molecule has 2 fully saturated rings. The van der Waals surface area contributed by atoms with Gasteiger partial charge in [0.1, 0.15) is 23.1 Å². The Labute approximate surface area is 232 Å². The summed E-state index contributed by atoms with van der Waals surface area (Å²) in [5.41, 5.74) is 0.611. The number of alkyl halides is 2. The first-order valence-electron chi connectivity index (χ1n) is 11.8. The van der Waals surface area contributed by atoms with Crippen LogP contribution in [0.3, 0.4) is 0 Å². The number of rotatable bonds is 8. The number of pyridine rings is 1. The number of nitrogens with zero attached hydrogens (tertiary/aromatic N) is 4. The lowest BCUT2D eigenvalue weighted by Crippen LogP contribution is -2.56. The zero-order valence-corrected chi connectivity index (χ0v) is 22.4. The van der Waals surface area contributed by atoms with Crippen LogP contribution >= 0.6 is 23.2 Å². The Morgan fingerprint density at radius 2 is 1.82 bits per heavy atom. The van der Waals surface area contributed by atoms with Gasteiger partial charge in [-0.25, -0.2) is 23.7 Å². The molecular formula is C25H24Cl2F2N6O4. The molecule has 0 saturated carbocycles. The number of methoxy groups -OCH3 is 2. The quantitative estimate of drug-likeness (QED) is 0.382. The van der Waals surface area contributed by atoms with Crippen LogP contribution in [-0.4, -0.2) is 79.4 Å². The van der Waals surface area contributed by atoms with Crippen molar-refractivity contribution in [1.29, 1.82) is 0 Å². The minimum atomic E-state index is -2.85. The molecule has 2 aliphatic rings. The first-order valence-corrected chi connectivity index (χ1v) is 12.6. The molecular weight excluding hydrogens is 557 g/mol. The molecule has 206 valence electrons. The molecule has 10 nitrogen and oxygen atoms in total. The molecule has 2 N–H and O–H groups in total. The molecule has 2 saturated heterocycles. The van der Waals surface area contributed by atoms with Gasteiger partial charge in [0, 0.05) is 11.5 Å². The van der Waals surface area contributed by atoms with Crippen LogP contribution < -0.4 is 25.0 Å². The van der Waals surface area contributed by atoms with Crippen LogP contribution in [0.4, 0.5) is 20.4 Å². The normalized spacial score (nSPS) is 19.9. The second-order valence-corrected chi connectivity index (χ2v) is 9.82. The van der Waals surface area contributed by atoms with Crippen LogP contribution in [0.2, 0.25) is 10.0 Å². The van der Waals surface area contributed by atoms with Gasteiger partial charge in [0.2, 0.25) is 5.91 Å². The lowest BCUT2D eigenvalue weighted by molar-refractivity contribution is -0.117. The number of hydrogen-bond donors (Lipinski definition) is 2. The molecule has 4 heterocycles. The van der Waals surface area contributed by atoms with E-state index in [0.29, 0.717) is 29.9 Å². The van der Waals surface area contributed by atoms with Crippen molar-refractivity contribution in [3.63, 3.8) is 0 Å². The Balaban J connectivity index is 1.58. The van der Waals surface area contributed by atoms with Crippen molar-refractivity contribution >= 4 is 51.6 Å². The Hall–Kier alpha value is -3.48. The third kappa shape index (κ3) is 5.23. The Morgan fingerprint density at radius 3 is 2.44 bits per heavy atom. The monoisotopic (exact) mass is 580 g/mol. The van der Waals surface area contributed by atoms with E-state index >= 15 is 0 Å². The van der Waals surface area contributed by atoms with Gasteiger partial charge in [-0.15, -0.1) is 0 Å². The standard InChI is InChI=1S/C25H24Cl2F2N6O4/c1-4-19(36)32-15-9-39-8-14(15)31-18-5-12-13(7-30-18)33-23(34-24(12)35-10-25(28,29)11-35)20-21(26)16(37-2)6-17(38-3)22(20)27/h4-7,14-15H,1,8-11H2,2-3H3,(H,30,31)(H,32,36)/t14-,15+/m1/s1. The van der Waals surface area contributed by atoms with Crippen LogP contribution in [0.25, 0.3) is 22.3 Å². The van der Waals surface area contributed by atoms with E-state index in [4.69, 9.17) is 37.4 Å².